The van der Waals surface area contributed by atoms with Crippen LogP contribution < -0.4 is 24.7 Å². The van der Waals surface area contributed by atoms with Crippen LogP contribution in [-0.2, 0) is 63.8 Å². The third-order valence-corrected chi connectivity index (χ3v) is 26.7. The summed E-state index contributed by atoms with van der Waals surface area (Å²) >= 11 is 0. The summed E-state index contributed by atoms with van der Waals surface area (Å²) < 4.78 is 49.1. The highest BCUT2D eigenvalue weighted by Crippen LogP contribution is 2.53. The molecule has 0 radical (unpaired) electrons. The molecule has 23 nitrogen and oxygen atoms in total. The highest BCUT2D eigenvalue weighted by molar-refractivity contribution is 6.15. The summed E-state index contributed by atoms with van der Waals surface area (Å²) in [4.78, 5) is 102. The van der Waals surface area contributed by atoms with Gasteiger partial charge in [-0.05, 0) is 367 Å². The number of carbonyl (C=O) groups is 6. The Labute approximate surface area is 830 Å². The van der Waals surface area contributed by atoms with Gasteiger partial charge in [-0.25, -0.2) is 19.3 Å². The smallest absolute Gasteiger partial charge is 0.337 e. The van der Waals surface area contributed by atoms with Crippen LogP contribution in [0.3, 0.4) is 0 Å². The van der Waals surface area contributed by atoms with E-state index in [-0.39, 0.29) is 22.9 Å². The quantitative estimate of drug-likeness (QED) is 0.0597. The third kappa shape index (κ3) is 19.8. The van der Waals surface area contributed by atoms with E-state index in [1.165, 1.54) is 16.7 Å². The van der Waals surface area contributed by atoms with Gasteiger partial charge in [0.2, 0.25) is 5.91 Å². The van der Waals surface area contributed by atoms with Gasteiger partial charge in [0, 0.05) is 105 Å². The maximum atomic E-state index is 13.0. The van der Waals surface area contributed by atoms with E-state index in [1.54, 1.807) is 57.3 Å². The lowest BCUT2D eigenvalue weighted by molar-refractivity contribution is -0.162. The molecule has 0 aliphatic carbocycles. The zero-order valence-electron chi connectivity index (χ0n) is 84.0. The number of fused-ring (bicyclic) bond motifs is 4. The molecule has 4 atom stereocenters. The van der Waals surface area contributed by atoms with E-state index in [9.17, 15) is 39.0 Å². The van der Waals surface area contributed by atoms with Gasteiger partial charge in [0.05, 0.1) is 89.6 Å². The van der Waals surface area contributed by atoms with Crippen LogP contribution in [0, 0.1) is 40.8 Å². The largest absolute Gasteiger partial charge is 0.493 e. The fourth-order valence-corrected chi connectivity index (χ4v) is 20.3. The summed E-state index contributed by atoms with van der Waals surface area (Å²) in [6.07, 6.45) is 7.67. The van der Waals surface area contributed by atoms with E-state index in [1.807, 2.05) is 263 Å². The highest BCUT2D eigenvalue weighted by Gasteiger charge is 2.39. The van der Waals surface area contributed by atoms with Gasteiger partial charge in [0.25, 0.3) is 0 Å². The molecule has 12 aromatic carbocycles. The first-order chi connectivity index (χ1) is 68.0. The molecule has 0 bridgehead atoms. The molecule has 8 heterocycles. The number of hydrogen-bond acceptors (Lipinski definition) is 18. The fourth-order valence-electron chi connectivity index (χ4n) is 20.3. The molecule has 16 aromatic rings. The van der Waals surface area contributed by atoms with E-state index in [4.69, 9.17) is 76.7 Å². The Morgan fingerprint density at radius 1 is 0.371 bits per heavy atom. The molecule has 1 amide bonds. The van der Waals surface area contributed by atoms with Crippen molar-refractivity contribution in [2.24, 2.45) is 5.73 Å². The molecule has 20 rings (SSSR count). The molecule has 23 heteroatoms. The van der Waals surface area contributed by atoms with Gasteiger partial charge in [0.15, 0.2) is 34.8 Å². The first-order valence-electron chi connectivity index (χ1n) is 48.2. The van der Waals surface area contributed by atoms with Crippen molar-refractivity contribution in [3.05, 3.63) is 295 Å². The average Bonchev–Trinajstić information content (AvgIpc) is 0.743. The number of rotatable bonds is 20. The van der Waals surface area contributed by atoms with E-state index in [0.717, 1.165) is 224 Å². The molecule has 4 aliphatic heterocycles. The van der Waals surface area contributed by atoms with Crippen molar-refractivity contribution in [3.63, 3.8) is 0 Å². The van der Waals surface area contributed by atoms with Gasteiger partial charge in [-0.15, -0.1) is 0 Å². The molecule has 0 spiro atoms. The maximum absolute atomic E-state index is 13.0. The molecular formula is C120H115N7O16. The Hall–Kier alpha value is -15.2. The van der Waals surface area contributed by atoms with E-state index < -0.39 is 64.7 Å². The second-order valence-corrected chi connectivity index (χ2v) is 40.7. The van der Waals surface area contributed by atoms with Crippen LogP contribution in [0.25, 0.3) is 141 Å². The zero-order valence-corrected chi connectivity index (χ0v) is 84.0. The van der Waals surface area contributed by atoms with E-state index in [2.05, 4.69) is 15.8 Å². The molecule has 143 heavy (non-hydrogen) atoms. The number of amides is 1. The summed E-state index contributed by atoms with van der Waals surface area (Å²) in [6.45, 7) is 53.3. The first kappa shape index (κ1) is 99.3. The van der Waals surface area contributed by atoms with Crippen molar-refractivity contribution < 1.29 is 76.9 Å². The summed E-state index contributed by atoms with van der Waals surface area (Å²) in [5.74, 6) is 0.469. The monoisotopic (exact) mass is 1910 g/mol. The normalized spacial score (nSPS) is 14.0. The van der Waals surface area contributed by atoms with Gasteiger partial charge in [0.1, 0.15) is 41.3 Å². The lowest BCUT2D eigenvalue weighted by atomic mass is 9.84. The third-order valence-electron chi connectivity index (χ3n) is 26.7. The first-order valence-corrected chi connectivity index (χ1v) is 48.2. The van der Waals surface area contributed by atoms with Crippen LogP contribution in [-0.4, -0.2) is 114 Å². The lowest BCUT2D eigenvalue weighted by Gasteiger charge is -2.31. The van der Waals surface area contributed by atoms with Crippen molar-refractivity contribution in [1.29, 1.82) is 0 Å². The van der Waals surface area contributed by atoms with E-state index in [0.29, 0.717) is 55.4 Å². The minimum atomic E-state index is -1.18. The van der Waals surface area contributed by atoms with Crippen molar-refractivity contribution in [2.75, 3.05) is 26.4 Å². The van der Waals surface area contributed by atoms with Gasteiger partial charge < -0.3 is 53.8 Å². The topological polar surface area (TPSA) is 303 Å². The van der Waals surface area contributed by atoms with Crippen LogP contribution in [0.5, 0.6) is 23.0 Å². The number of aromatic carboxylic acids is 1. The van der Waals surface area contributed by atoms with Crippen molar-refractivity contribution in [3.8, 4) is 67.5 Å². The fraction of sp³-hybridized carbons (Fsp3) is 0.300. The SMILES string of the molecule is CC(=O)[C@@H](OC(C)(C)C)c1c(C)cc2cc(C(=O)O)ccc2c1-c1ccc2c3c(ccnc13)CCO2.CC(=O)[C@@H](OC(C)(C)C)c1c(C)cc2cc(C(N)=O)ccc2c1-c1ccc2c3c(ccnc13)CCO2.[C-]#[N+]c1ccc2c(-c3ccc4c5c(ccnc35)CCO4)c([C@H](OC(C)(C)C)C(C)=O)c(C)cc2c1.[C-]#[N+]c1ccc2c(-c3ccc4c5c(ccnc35)CCO4)c([C@H](OC(C)(C)CC)C(=O)O)c(C)cc2c1. The number of primary amides is 1. The Morgan fingerprint density at radius 2 is 0.643 bits per heavy atom. The number of hydrogen-bond donors (Lipinski definition) is 3. The second kappa shape index (κ2) is 39.3. The summed E-state index contributed by atoms with van der Waals surface area (Å²) in [5, 5.41) is 30.9. The van der Waals surface area contributed by atoms with Crippen LogP contribution in [0.1, 0.15) is 222 Å². The predicted molar refractivity (Wildman–Crippen MR) is 561 cm³/mol. The maximum Gasteiger partial charge on any atom is 0.337 e. The number of nitrogens with two attached hydrogens (primary N) is 1. The van der Waals surface area contributed by atoms with Gasteiger partial charge in [-0.1, -0.05) is 67.6 Å². The number of ketones is 3. The van der Waals surface area contributed by atoms with Crippen LogP contribution >= 0.6 is 0 Å². The molecule has 0 fully saturated rings. The summed E-state index contributed by atoms with van der Waals surface area (Å²) in [7, 11) is 0. The molecule has 4 N–H and O–H groups in total. The number of nitrogens with zero attached hydrogens (tertiary/aromatic N) is 6. The summed E-state index contributed by atoms with van der Waals surface area (Å²) in [5.41, 5.74) is 26.4. The van der Waals surface area contributed by atoms with Crippen LogP contribution in [0.4, 0.5) is 11.4 Å². The number of aryl methyl sites for hydroxylation is 4. The van der Waals surface area contributed by atoms with Crippen LogP contribution in [0.15, 0.2) is 195 Å². The number of carboxylic acid groups (broad SMARTS) is 2. The summed E-state index contributed by atoms with van der Waals surface area (Å²) in [6, 6.07) is 53.6. The molecule has 0 unspecified atom stereocenters. The molecule has 0 saturated heterocycles. The minimum Gasteiger partial charge on any atom is -0.493 e. The van der Waals surface area contributed by atoms with Crippen molar-refractivity contribution in [2.45, 2.75) is 210 Å². The number of pyridine rings is 4. The zero-order chi connectivity index (χ0) is 102. The Morgan fingerprint density at radius 3 is 0.902 bits per heavy atom. The number of carboxylic acids is 2. The van der Waals surface area contributed by atoms with Gasteiger partial charge >= 0.3 is 11.9 Å². The molecule has 0 saturated carbocycles. The number of benzene rings is 12. The Kier molecular flexibility index (Phi) is 27.3. The number of Topliss-reactive ketones (excluding diaryl/α,β-unsaturated/α-hetero) is 3. The second-order valence-electron chi connectivity index (χ2n) is 40.7. The minimum absolute atomic E-state index is 0.0552. The Bertz CT molecular complexity index is 7810. The van der Waals surface area contributed by atoms with Gasteiger partial charge in [-0.2, -0.15) is 0 Å². The molecular weight excluding hydrogens is 1800 g/mol. The number of carbonyl (C=O) groups excluding carboxylic acids is 4. The number of ether oxygens (including phenoxy) is 8. The lowest BCUT2D eigenvalue weighted by Crippen LogP contribution is -2.30. The van der Waals surface area contributed by atoms with Crippen LogP contribution in [0.2, 0.25) is 0 Å². The van der Waals surface area contributed by atoms with Gasteiger partial charge in [-0.3, -0.25) is 39.1 Å². The molecule has 4 aliphatic rings. The number of aromatic nitrogens is 4. The molecule has 4 aromatic heterocycles. The van der Waals surface area contributed by atoms with E-state index >= 15 is 0 Å². The van der Waals surface area contributed by atoms with Crippen molar-refractivity contribution in [1.82, 2.24) is 19.9 Å². The standard InChI is InChI=1S/C30H30N2O4.C30H28N2O4.C30H28N2O3.C30H29NO5/c1-16-14-20-15-19(29(31)34)6-7-21(20)26(24(16)28(17(2)33)36-30(3,4)5)22-8-9-23-25-18(11-13-35-23)10-12-32-27(22)25;1-6-30(3,4)36-28(29(33)34)24-17(2)15-19-16-20(31-5)7-8-21(19)26(24)22-9-10-23-25-18(12-14-35-23)11-13-32-27(22)25;1-17-15-20-16-21(31-6)7-8-22(20)27(25(17)29(18(2)33)35-30(3,4)5)23-9-10-24-26-19(12-14-34-24)11-13-32-28(23)26;1-16-14-20-15-19(29(33)34)6-7-21(20)26(24(16)28(17(2)32)36-30(3,4)5)22-8-9-23-25-18(11-13-35-23)10-12-31-27(22)25/h6-10,12,14-15,28H,11,13H2,1-5H3,(H2,31,34);7-11,13,15-16,28H,6,12,14H2,1-4H3,(H,33,34);7-11,13,15-16,29H,12,14H2,1-5H3;6-10,12,14-15,28H,11,13H2,1-5H3,(H,33,34)/t2*28-;29-;28-/m1011/s1. The highest BCUT2D eigenvalue weighted by atomic mass is 16.5. The number of aliphatic carboxylic acids is 1. The Balaban J connectivity index is 0.000000131. The predicted octanol–water partition coefficient (Wildman–Crippen LogP) is 26.8. The van der Waals surface area contributed by atoms with Crippen molar-refractivity contribution >= 4 is 133 Å². The average molecular weight is 1910 g/mol. The molecule has 726 valence electrons.